The van der Waals surface area contributed by atoms with E-state index in [0.717, 1.165) is 11.0 Å². The molecule has 48 heavy (non-hydrogen) atoms. The van der Waals surface area contributed by atoms with E-state index >= 15 is 0 Å². The van der Waals surface area contributed by atoms with Crippen LogP contribution in [0.1, 0.15) is 30.5 Å². The second-order valence-corrected chi connectivity index (χ2v) is 13.8. The zero-order valence-electron chi connectivity index (χ0n) is 26.1. The fourth-order valence-electron chi connectivity index (χ4n) is 4.88. The van der Waals surface area contributed by atoms with Crippen LogP contribution in [0.25, 0.3) is 0 Å². The average Bonchev–Trinajstić information content (AvgIpc) is 3.05. The number of sulfonamides is 1. The molecule has 0 spiro atoms. The highest BCUT2D eigenvalue weighted by atomic mass is 35.5. The molecule has 1 N–H and O–H groups in total. The van der Waals surface area contributed by atoms with Gasteiger partial charge >= 0.3 is 6.18 Å². The van der Waals surface area contributed by atoms with E-state index in [2.05, 4.69) is 5.32 Å². The van der Waals surface area contributed by atoms with Crippen molar-refractivity contribution in [1.29, 1.82) is 0 Å². The first kappa shape index (κ1) is 36.4. The van der Waals surface area contributed by atoms with Crippen molar-refractivity contribution < 1.29 is 35.6 Å². The molecule has 2 amide bonds. The second kappa shape index (κ2) is 15.7. The van der Waals surface area contributed by atoms with Crippen LogP contribution in [-0.4, -0.2) is 44.3 Å². The minimum Gasteiger partial charge on any atom is -0.354 e. The Bertz CT molecular complexity index is 1810. The number of hydrogen-bond acceptors (Lipinski definition) is 4. The van der Waals surface area contributed by atoms with Crippen molar-refractivity contribution in [3.8, 4) is 0 Å². The van der Waals surface area contributed by atoms with Gasteiger partial charge in [0.25, 0.3) is 10.0 Å². The number of benzene rings is 4. The van der Waals surface area contributed by atoms with Gasteiger partial charge in [-0.3, -0.25) is 13.9 Å². The first-order chi connectivity index (χ1) is 22.7. The van der Waals surface area contributed by atoms with Gasteiger partial charge in [0, 0.05) is 19.5 Å². The minimum atomic E-state index is -4.85. The Morgan fingerprint density at radius 3 is 2.04 bits per heavy atom. The zero-order chi connectivity index (χ0) is 35.1. The van der Waals surface area contributed by atoms with Gasteiger partial charge in [-0.1, -0.05) is 86.1 Å². The number of anilines is 1. The number of carbonyl (C=O) groups excluding carboxylic acids is 2. The summed E-state index contributed by atoms with van der Waals surface area (Å²) in [5.74, 6) is -1.92. The zero-order valence-corrected chi connectivity index (χ0v) is 27.7. The number of nitrogens with one attached hydrogen (secondary N) is 1. The Labute approximate surface area is 282 Å². The Morgan fingerprint density at radius 1 is 0.854 bits per heavy atom. The molecule has 13 heteroatoms. The second-order valence-electron chi connectivity index (χ2n) is 11.5. The maximum atomic E-state index is 14.4. The van der Waals surface area contributed by atoms with E-state index in [4.69, 9.17) is 11.6 Å². The molecule has 0 bridgehead atoms. The van der Waals surface area contributed by atoms with Crippen molar-refractivity contribution >= 4 is 39.1 Å². The number of amides is 2. The number of carbonyl (C=O) groups is 2. The Morgan fingerprint density at radius 2 is 1.46 bits per heavy atom. The van der Waals surface area contributed by atoms with Crippen molar-refractivity contribution in [2.24, 2.45) is 5.92 Å². The molecule has 0 fully saturated rings. The smallest absolute Gasteiger partial charge is 0.354 e. The fraction of sp³-hybridized carbons (Fsp3) is 0.257. The molecule has 0 radical (unpaired) electrons. The molecule has 0 aromatic heterocycles. The summed E-state index contributed by atoms with van der Waals surface area (Å²) in [5, 5.41) is 2.49. The average molecular weight is 704 g/mol. The molecule has 4 rings (SSSR count). The largest absolute Gasteiger partial charge is 0.416 e. The summed E-state index contributed by atoms with van der Waals surface area (Å²) >= 11 is 6.34. The first-order valence-electron chi connectivity index (χ1n) is 15.0. The normalized spacial score (nSPS) is 12.4. The van der Waals surface area contributed by atoms with Gasteiger partial charge in [0.2, 0.25) is 11.8 Å². The van der Waals surface area contributed by atoms with Crippen LogP contribution >= 0.6 is 11.6 Å². The summed E-state index contributed by atoms with van der Waals surface area (Å²) < 4.78 is 83.9. The monoisotopic (exact) mass is 703 g/mol. The van der Waals surface area contributed by atoms with Gasteiger partial charge in [-0.25, -0.2) is 12.8 Å². The molecule has 4 aromatic carbocycles. The highest BCUT2D eigenvalue weighted by Crippen LogP contribution is 2.37. The Kier molecular flexibility index (Phi) is 11.9. The van der Waals surface area contributed by atoms with E-state index in [9.17, 15) is 35.6 Å². The summed E-state index contributed by atoms with van der Waals surface area (Å²) in [5.41, 5.74) is -0.641. The Hall–Kier alpha value is -4.42. The van der Waals surface area contributed by atoms with Gasteiger partial charge < -0.3 is 10.2 Å². The van der Waals surface area contributed by atoms with Crippen molar-refractivity contribution in [2.75, 3.05) is 17.4 Å². The summed E-state index contributed by atoms with van der Waals surface area (Å²) in [7, 11) is -4.69. The van der Waals surface area contributed by atoms with Crippen LogP contribution in [0.5, 0.6) is 0 Å². The summed E-state index contributed by atoms with van der Waals surface area (Å²) in [6.07, 6.45) is -4.83. The molecule has 0 saturated carbocycles. The standard InChI is InChI=1S/C35H34ClF4N3O4S/c1-24(2)21-41-34(45)32(19-25-9-5-3-6-10-25)42(22-26-13-16-28(37)17-14-26)33(44)23-43(48(46,47)29-11-7-4-8-12-29)31-20-27(35(38,39)40)15-18-30(31)36/h3-18,20,24,32H,19,21-23H2,1-2H3,(H,41,45)/t32-/m1/s1. The van der Waals surface area contributed by atoms with E-state index in [1.54, 1.807) is 36.4 Å². The third-order valence-electron chi connectivity index (χ3n) is 7.37. The van der Waals surface area contributed by atoms with Gasteiger partial charge in [0.15, 0.2) is 0 Å². The SMILES string of the molecule is CC(C)CNC(=O)[C@@H](Cc1ccccc1)N(Cc1ccc(F)cc1)C(=O)CN(c1cc(C(F)(F)F)ccc1Cl)S(=O)(=O)c1ccccc1. The van der Waals surface area contributed by atoms with Crippen LogP contribution in [0.3, 0.4) is 0 Å². The van der Waals surface area contributed by atoms with Gasteiger partial charge in [0.1, 0.15) is 18.4 Å². The predicted molar refractivity (Wildman–Crippen MR) is 176 cm³/mol. The highest BCUT2D eigenvalue weighted by Gasteiger charge is 2.37. The summed E-state index contributed by atoms with van der Waals surface area (Å²) in [6, 6.07) is 21.9. The van der Waals surface area contributed by atoms with Gasteiger partial charge in [-0.2, -0.15) is 13.2 Å². The van der Waals surface area contributed by atoms with Crippen LogP contribution in [0.15, 0.2) is 108 Å². The lowest BCUT2D eigenvalue weighted by atomic mass is 10.0. The topological polar surface area (TPSA) is 86.8 Å². The highest BCUT2D eigenvalue weighted by molar-refractivity contribution is 7.92. The third-order valence-corrected chi connectivity index (χ3v) is 9.47. The molecule has 254 valence electrons. The van der Waals surface area contributed by atoms with E-state index in [-0.39, 0.29) is 35.3 Å². The summed E-state index contributed by atoms with van der Waals surface area (Å²) in [6.45, 7) is 2.79. The number of halogens is 5. The van der Waals surface area contributed by atoms with E-state index in [1.165, 1.54) is 48.5 Å². The molecule has 0 aliphatic heterocycles. The van der Waals surface area contributed by atoms with Crippen LogP contribution in [-0.2, 0) is 38.8 Å². The number of alkyl halides is 3. The van der Waals surface area contributed by atoms with Crippen LogP contribution in [0.4, 0.5) is 23.2 Å². The van der Waals surface area contributed by atoms with Crippen molar-refractivity contribution in [3.63, 3.8) is 0 Å². The van der Waals surface area contributed by atoms with Gasteiger partial charge in [-0.05, 0) is 59.5 Å². The lowest BCUT2D eigenvalue weighted by Crippen LogP contribution is -2.53. The molecular formula is C35H34ClF4N3O4S. The van der Waals surface area contributed by atoms with E-state index < -0.39 is 57.7 Å². The molecule has 4 aromatic rings. The Balaban J connectivity index is 1.86. The minimum absolute atomic E-state index is 0.0213. The molecule has 1 atom stereocenters. The quantitative estimate of drug-likeness (QED) is 0.151. The molecule has 0 unspecified atom stereocenters. The molecule has 7 nitrogen and oxygen atoms in total. The number of nitrogens with zero attached hydrogens (tertiary/aromatic N) is 2. The number of hydrogen-bond donors (Lipinski definition) is 1. The van der Waals surface area contributed by atoms with E-state index in [0.29, 0.717) is 27.6 Å². The molecule has 0 saturated heterocycles. The fourth-order valence-corrected chi connectivity index (χ4v) is 6.59. The van der Waals surface area contributed by atoms with Crippen molar-refractivity contribution in [1.82, 2.24) is 10.2 Å². The van der Waals surface area contributed by atoms with Gasteiger partial charge in [-0.15, -0.1) is 0 Å². The van der Waals surface area contributed by atoms with Crippen LogP contribution in [0, 0.1) is 11.7 Å². The van der Waals surface area contributed by atoms with Crippen molar-refractivity contribution in [3.05, 3.63) is 131 Å². The molecule has 0 aliphatic carbocycles. The van der Waals surface area contributed by atoms with Crippen LogP contribution in [0.2, 0.25) is 5.02 Å². The first-order valence-corrected chi connectivity index (χ1v) is 16.8. The molecule has 0 heterocycles. The van der Waals surface area contributed by atoms with Gasteiger partial charge in [0.05, 0.1) is 21.2 Å². The van der Waals surface area contributed by atoms with E-state index in [1.807, 2.05) is 13.8 Å². The maximum Gasteiger partial charge on any atom is 0.416 e. The lowest BCUT2D eigenvalue weighted by Gasteiger charge is -2.34. The predicted octanol–water partition coefficient (Wildman–Crippen LogP) is 7.11. The number of rotatable bonds is 13. The lowest BCUT2D eigenvalue weighted by molar-refractivity contribution is -0.140. The van der Waals surface area contributed by atoms with Crippen LogP contribution < -0.4 is 9.62 Å². The molecule has 0 aliphatic rings. The van der Waals surface area contributed by atoms with Crippen molar-refractivity contribution in [2.45, 2.75) is 43.9 Å². The summed E-state index contributed by atoms with van der Waals surface area (Å²) in [4.78, 5) is 29.1. The molecular weight excluding hydrogens is 670 g/mol. The third kappa shape index (κ3) is 9.35. The maximum absolute atomic E-state index is 14.4.